The minimum atomic E-state index is -0.0563. The Balaban J connectivity index is 0.00000264. The van der Waals surface area contributed by atoms with E-state index in [1.807, 2.05) is 18.2 Å². The van der Waals surface area contributed by atoms with Crippen LogP contribution in [0.1, 0.15) is 12.5 Å². The van der Waals surface area contributed by atoms with E-state index in [-0.39, 0.29) is 18.3 Å². The topological polar surface area (TPSA) is 64.5 Å². The van der Waals surface area contributed by atoms with Crippen molar-refractivity contribution in [3.8, 4) is 11.5 Å². The van der Waals surface area contributed by atoms with Crippen LogP contribution in [-0.2, 0) is 11.2 Å². The maximum atomic E-state index is 11.8. The number of methoxy groups -OCH3 is 2. The van der Waals surface area contributed by atoms with Crippen molar-refractivity contribution < 1.29 is 14.3 Å². The Kier molecular flexibility index (Phi) is 7.28. The summed E-state index contributed by atoms with van der Waals surface area (Å²) in [5.74, 6) is 1.91. The Morgan fingerprint density at radius 1 is 1.17 bits per heavy atom. The molecule has 1 aromatic heterocycles. The van der Waals surface area contributed by atoms with E-state index in [0.717, 1.165) is 5.56 Å². The van der Waals surface area contributed by atoms with E-state index in [0.29, 0.717) is 30.3 Å². The average Bonchev–Trinajstić information content (AvgIpc) is 2.55. The molecule has 0 N–H and O–H groups in total. The largest absolute Gasteiger partial charge is 0.493 e. The number of hydrogen-bond acceptors (Lipinski definition) is 5. The maximum absolute atomic E-state index is 11.8. The molecule has 0 aliphatic carbocycles. The summed E-state index contributed by atoms with van der Waals surface area (Å²) in [5.41, 5.74) is 1.05. The lowest BCUT2D eigenvalue weighted by atomic mass is 10.1. The van der Waals surface area contributed by atoms with Crippen LogP contribution in [0.2, 0.25) is 0 Å². The highest BCUT2D eigenvalue weighted by Crippen LogP contribution is 2.27. The lowest BCUT2D eigenvalue weighted by Crippen LogP contribution is -2.31. The number of halogens is 1. The monoisotopic (exact) mass is 337 g/mol. The third kappa shape index (κ3) is 4.82. The third-order valence-corrected chi connectivity index (χ3v) is 3.30. The molecule has 0 saturated heterocycles. The second-order valence-electron chi connectivity index (χ2n) is 4.68. The van der Waals surface area contributed by atoms with Gasteiger partial charge in [-0.2, -0.15) is 0 Å². The van der Waals surface area contributed by atoms with Gasteiger partial charge in [0.05, 0.1) is 14.2 Å². The molecule has 124 valence electrons. The number of rotatable bonds is 6. The molecule has 0 radical (unpaired) electrons. The summed E-state index contributed by atoms with van der Waals surface area (Å²) in [5, 5.41) is 0. The predicted octanol–water partition coefficient (Wildman–Crippen LogP) is 2.51. The third-order valence-electron chi connectivity index (χ3n) is 3.30. The average molecular weight is 338 g/mol. The van der Waals surface area contributed by atoms with Gasteiger partial charge in [0.2, 0.25) is 5.91 Å². The number of carbonyl (C=O) groups excluding carboxylic acids is 1. The normalized spacial score (nSPS) is 9.70. The molecule has 1 aromatic carbocycles. The molecule has 0 bridgehead atoms. The molecule has 0 saturated carbocycles. The van der Waals surface area contributed by atoms with Crippen LogP contribution >= 0.6 is 12.4 Å². The van der Waals surface area contributed by atoms with Gasteiger partial charge in [-0.15, -0.1) is 12.4 Å². The standard InChI is InChI=1S/C16H19N3O3.ClH/c1-12(20)19(16-6-8-17-11-18-16)9-7-13-4-5-14(21-2)15(10-13)22-3;/h4-6,8,10-11H,7,9H2,1-3H3;1H. The molecule has 23 heavy (non-hydrogen) atoms. The van der Waals surface area contributed by atoms with Crippen molar-refractivity contribution in [1.82, 2.24) is 9.97 Å². The number of carbonyl (C=O) groups is 1. The first-order valence-corrected chi connectivity index (χ1v) is 6.90. The minimum Gasteiger partial charge on any atom is -0.493 e. The molecule has 0 aliphatic rings. The van der Waals surface area contributed by atoms with Gasteiger partial charge in [0.1, 0.15) is 12.1 Å². The van der Waals surface area contributed by atoms with Crippen LogP contribution in [0.4, 0.5) is 5.82 Å². The van der Waals surface area contributed by atoms with Gasteiger partial charge in [0.25, 0.3) is 0 Å². The van der Waals surface area contributed by atoms with Gasteiger partial charge in [0.15, 0.2) is 11.5 Å². The fraction of sp³-hybridized carbons (Fsp3) is 0.312. The van der Waals surface area contributed by atoms with Crippen molar-refractivity contribution in [2.75, 3.05) is 25.7 Å². The number of aromatic nitrogens is 2. The van der Waals surface area contributed by atoms with E-state index in [1.54, 1.807) is 31.4 Å². The summed E-state index contributed by atoms with van der Waals surface area (Å²) < 4.78 is 10.5. The first-order valence-electron chi connectivity index (χ1n) is 6.90. The van der Waals surface area contributed by atoms with Gasteiger partial charge in [-0.25, -0.2) is 9.97 Å². The van der Waals surface area contributed by atoms with Crippen LogP contribution < -0.4 is 14.4 Å². The van der Waals surface area contributed by atoms with Crippen LogP contribution in [0.3, 0.4) is 0 Å². The van der Waals surface area contributed by atoms with Gasteiger partial charge in [-0.05, 0) is 30.2 Å². The molecular weight excluding hydrogens is 318 g/mol. The highest BCUT2D eigenvalue weighted by Gasteiger charge is 2.13. The number of hydrogen-bond donors (Lipinski definition) is 0. The van der Waals surface area contributed by atoms with Crippen molar-refractivity contribution in [3.63, 3.8) is 0 Å². The summed E-state index contributed by atoms with van der Waals surface area (Å²) in [7, 11) is 3.20. The maximum Gasteiger partial charge on any atom is 0.225 e. The number of benzene rings is 1. The molecule has 2 rings (SSSR count). The summed E-state index contributed by atoms with van der Waals surface area (Å²) in [6, 6.07) is 7.45. The summed E-state index contributed by atoms with van der Waals surface area (Å²) in [6.07, 6.45) is 3.74. The minimum absolute atomic E-state index is 0. The zero-order chi connectivity index (χ0) is 15.9. The number of ether oxygens (including phenoxy) is 2. The van der Waals surface area contributed by atoms with E-state index in [1.165, 1.54) is 13.3 Å². The van der Waals surface area contributed by atoms with E-state index in [9.17, 15) is 4.79 Å². The van der Waals surface area contributed by atoms with Crippen molar-refractivity contribution in [2.45, 2.75) is 13.3 Å². The van der Waals surface area contributed by atoms with Crippen LogP contribution in [0.15, 0.2) is 36.8 Å². The van der Waals surface area contributed by atoms with Crippen LogP contribution in [0.25, 0.3) is 0 Å². The molecule has 0 aliphatic heterocycles. The molecule has 2 aromatic rings. The Labute approximate surface area is 141 Å². The van der Waals surface area contributed by atoms with Gasteiger partial charge in [0, 0.05) is 19.7 Å². The second-order valence-corrected chi connectivity index (χ2v) is 4.68. The molecule has 6 nitrogen and oxygen atoms in total. The predicted molar refractivity (Wildman–Crippen MR) is 90.6 cm³/mol. The van der Waals surface area contributed by atoms with Gasteiger partial charge >= 0.3 is 0 Å². The van der Waals surface area contributed by atoms with E-state index >= 15 is 0 Å². The van der Waals surface area contributed by atoms with E-state index in [4.69, 9.17) is 9.47 Å². The number of nitrogens with zero attached hydrogens (tertiary/aromatic N) is 3. The molecular formula is C16H20ClN3O3. The van der Waals surface area contributed by atoms with E-state index < -0.39 is 0 Å². The highest BCUT2D eigenvalue weighted by molar-refractivity contribution is 5.90. The van der Waals surface area contributed by atoms with Crippen LogP contribution in [0, 0.1) is 0 Å². The first-order chi connectivity index (χ1) is 10.7. The molecule has 0 spiro atoms. The van der Waals surface area contributed by atoms with Crippen LogP contribution in [-0.4, -0.2) is 36.6 Å². The zero-order valence-corrected chi connectivity index (χ0v) is 14.2. The van der Waals surface area contributed by atoms with Crippen molar-refractivity contribution in [3.05, 3.63) is 42.4 Å². The molecule has 0 atom stereocenters. The zero-order valence-electron chi connectivity index (χ0n) is 13.4. The summed E-state index contributed by atoms with van der Waals surface area (Å²) in [4.78, 5) is 21.4. The molecule has 0 fully saturated rings. The quantitative estimate of drug-likeness (QED) is 0.810. The Bertz CT molecular complexity index is 638. The fourth-order valence-corrected chi connectivity index (χ4v) is 2.15. The van der Waals surface area contributed by atoms with E-state index in [2.05, 4.69) is 9.97 Å². The molecule has 7 heteroatoms. The Morgan fingerprint density at radius 2 is 1.91 bits per heavy atom. The lowest BCUT2D eigenvalue weighted by Gasteiger charge is -2.20. The van der Waals surface area contributed by atoms with Gasteiger partial charge in [-0.1, -0.05) is 6.07 Å². The number of amides is 1. The summed E-state index contributed by atoms with van der Waals surface area (Å²) >= 11 is 0. The Morgan fingerprint density at radius 3 is 2.48 bits per heavy atom. The fourth-order valence-electron chi connectivity index (χ4n) is 2.15. The number of anilines is 1. The molecule has 0 unspecified atom stereocenters. The van der Waals surface area contributed by atoms with Gasteiger partial charge < -0.3 is 9.47 Å². The molecule has 1 amide bonds. The lowest BCUT2D eigenvalue weighted by molar-refractivity contribution is -0.116. The molecule has 1 heterocycles. The SMILES string of the molecule is COc1ccc(CCN(C(C)=O)c2ccncn2)cc1OC.Cl. The summed E-state index contributed by atoms with van der Waals surface area (Å²) in [6.45, 7) is 2.05. The first kappa shape index (κ1) is 18.7. The Hall–Kier alpha value is -2.34. The smallest absolute Gasteiger partial charge is 0.225 e. The van der Waals surface area contributed by atoms with Crippen molar-refractivity contribution >= 4 is 24.1 Å². The highest BCUT2D eigenvalue weighted by atomic mass is 35.5. The second kappa shape index (κ2) is 8.95. The van der Waals surface area contributed by atoms with Crippen LogP contribution in [0.5, 0.6) is 11.5 Å². The van der Waals surface area contributed by atoms with Crippen molar-refractivity contribution in [1.29, 1.82) is 0 Å². The van der Waals surface area contributed by atoms with Crippen molar-refractivity contribution in [2.24, 2.45) is 0 Å². The van der Waals surface area contributed by atoms with Gasteiger partial charge in [-0.3, -0.25) is 9.69 Å².